The number of aromatic nitrogens is 1. The maximum Gasteiger partial charge on any atom is 0.293 e. The number of anilines is 1. The maximum absolute atomic E-state index is 13.0. The summed E-state index contributed by atoms with van der Waals surface area (Å²) in [5.74, 6) is 0.750. The Morgan fingerprint density at radius 3 is 2.94 bits per heavy atom. The monoisotopic (exact) mass is 462 g/mol. The number of nitro groups is 1. The lowest BCUT2D eigenvalue weighted by Crippen LogP contribution is -2.39. The summed E-state index contributed by atoms with van der Waals surface area (Å²) < 4.78 is 32.8. The van der Waals surface area contributed by atoms with Gasteiger partial charge in [0.15, 0.2) is 0 Å². The fraction of sp³-hybridized carbons (Fsp3) is 0.350. The predicted molar refractivity (Wildman–Crippen MR) is 117 cm³/mol. The minimum absolute atomic E-state index is 0.0692. The normalized spacial score (nSPS) is 17.5. The fourth-order valence-corrected chi connectivity index (χ4v) is 5.85. The number of hydrogen-bond acceptors (Lipinski definition) is 8. The van der Waals surface area contributed by atoms with Crippen LogP contribution in [0.2, 0.25) is 0 Å². The molecule has 1 N–H and O–H groups in total. The molecule has 1 aliphatic rings. The number of sulfonamides is 1. The second-order valence-electron chi connectivity index (χ2n) is 7.52. The predicted octanol–water partition coefficient (Wildman–Crippen LogP) is 4.34. The summed E-state index contributed by atoms with van der Waals surface area (Å²) in [5.41, 5.74) is 0.501. The zero-order valence-electron chi connectivity index (χ0n) is 16.9. The molecule has 0 aliphatic carbocycles. The summed E-state index contributed by atoms with van der Waals surface area (Å²) in [4.78, 5) is 16.2. The van der Waals surface area contributed by atoms with Gasteiger partial charge >= 0.3 is 0 Å². The average Bonchev–Trinajstić information content (AvgIpc) is 3.44. The van der Waals surface area contributed by atoms with Crippen LogP contribution >= 0.6 is 11.3 Å². The van der Waals surface area contributed by atoms with E-state index < -0.39 is 14.9 Å². The summed E-state index contributed by atoms with van der Waals surface area (Å²) >= 11 is 1.50. The lowest BCUT2D eigenvalue weighted by atomic mass is 10.0. The molecule has 1 aromatic carbocycles. The molecule has 1 aliphatic heterocycles. The van der Waals surface area contributed by atoms with Gasteiger partial charge in [-0.3, -0.25) is 10.1 Å². The third kappa shape index (κ3) is 4.63. The van der Waals surface area contributed by atoms with E-state index in [1.54, 1.807) is 0 Å². The molecule has 0 radical (unpaired) electrons. The van der Waals surface area contributed by atoms with E-state index in [0.717, 1.165) is 23.8 Å². The van der Waals surface area contributed by atoms with Crippen LogP contribution < -0.4 is 5.32 Å². The molecule has 1 unspecified atom stereocenters. The van der Waals surface area contributed by atoms with Gasteiger partial charge in [-0.2, -0.15) is 4.31 Å². The van der Waals surface area contributed by atoms with Gasteiger partial charge in [0.2, 0.25) is 15.9 Å². The number of nitrogens with one attached hydrogen (secondary N) is 1. The summed E-state index contributed by atoms with van der Waals surface area (Å²) in [6, 6.07) is 7.74. The van der Waals surface area contributed by atoms with Gasteiger partial charge in [-0.1, -0.05) is 13.0 Å². The van der Waals surface area contributed by atoms with Gasteiger partial charge in [0, 0.05) is 19.2 Å². The molecule has 0 amide bonds. The molecule has 164 valence electrons. The molecule has 1 saturated heterocycles. The van der Waals surface area contributed by atoms with E-state index in [2.05, 4.69) is 10.3 Å². The van der Waals surface area contributed by atoms with Crippen LogP contribution in [0.3, 0.4) is 0 Å². The van der Waals surface area contributed by atoms with Crippen LogP contribution in [0.25, 0.3) is 10.8 Å². The molecular formula is C20H22N4O5S2. The molecule has 0 bridgehead atoms. The maximum atomic E-state index is 13.0. The van der Waals surface area contributed by atoms with E-state index >= 15 is 0 Å². The van der Waals surface area contributed by atoms with Gasteiger partial charge in [0.1, 0.15) is 12.0 Å². The van der Waals surface area contributed by atoms with Gasteiger partial charge in [0.25, 0.3) is 5.69 Å². The molecule has 1 atom stereocenters. The van der Waals surface area contributed by atoms with Gasteiger partial charge in [0.05, 0.1) is 26.9 Å². The molecule has 3 aromatic rings. The van der Waals surface area contributed by atoms with E-state index in [4.69, 9.17) is 4.42 Å². The third-order valence-electron chi connectivity index (χ3n) is 5.17. The minimum atomic E-state index is -3.78. The molecule has 0 saturated carbocycles. The Morgan fingerprint density at radius 2 is 2.23 bits per heavy atom. The van der Waals surface area contributed by atoms with Gasteiger partial charge in [-0.15, -0.1) is 11.3 Å². The molecule has 1 fully saturated rings. The fourth-order valence-electron chi connectivity index (χ4n) is 3.57. The van der Waals surface area contributed by atoms with E-state index in [0.29, 0.717) is 24.7 Å². The highest BCUT2D eigenvalue weighted by Gasteiger charge is 2.30. The van der Waals surface area contributed by atoms with Crippen molar-refractivity contribution in [3.8, 4) is 10.8 Å². The Labute approximate surface area is 183 Å². The lowest BCUT2D eigenvalue weighted by Gasteiger charge is -2.30. The Balaban J connectivity index is 1.53. The first-order valence-corrected chi connectivity index (χ1v) is 12.2. The number of nitro benzene ring substituents is 1. The molecule has 11 heteroatoms. The van der Waals surface area contributed by atoms with Gasteiger partial charge in [-0.05, 0) is 42.3 Å². The summed E-state index contributed by atoms with van der Waals surface area (Å²) in [5, 5.41) is 16.5. The Morgan fingerprint density at radius 1 is 1.39 bits per heavy atom. The zero-order chi connectivity index (χ0) is 22.0. The van der Waals surface area contributed by atoms with Crippen molar-refractivity contribution in [2.45, 2.75) is 31.2 Å². The standard InChI is InChI=1S/C20H22N4O5S2/c1-14-4-2-8-23(12-14)31(27,28)16-6-7-17(18(10-16)24(25)26)21-11-15-13-29-20(22-15)19-5-3-9-30-19/h3,5-7,9-10,13-14,21H,2,4,8,11-12H2,1H3. The quantitative estimate of drug-likeness (QED) is 0.410. The van der Waals surface area contributed by atoms with Crippen molar-refractivity contribution in [2.75, 3.05) is 18.4 Å². The molecule has 3 heterocycles. The highest BCUT2D eigenvalue weighted by Crippen LogP contribution is 2.31. The first kappa shape index (κ1) is 21.5. The average molecular weight is 463 g/mol. The molecule has 31 heavy (non-hydrogen) atoms. The van der Waals surface area contributed by atoms with Crippen molar-refractivity contribution in [2.24, 2.45) is 5.92 Å². The molecule has 0 spiro atoms. The zero-order valence-corrected chi connectivity index (χ0v) is 18.5. The van der Waals surface area contributed by atoms with Gasteiger partial charge in [-0.25, -0.2) is 13.4 Å². The Bertz CT molecular complexity index is 1170. The summed E-state index contributed by atoms with van der Waals surface area (Å²) in [6.07, 6.45) is 3.25. The lowest BCUT2D eigenvalue weighted by molar-refractivity contribution is -0.384. The van der Waals surface area contributed by atoms with Gasteiger partial charge < -0.3 is 9.73 Å². The second kappa shape index (κ2) is 8.77. The first-order chi connectivity index (χ1) is 14.8. The largest absolute Gasteiger partial charge is 0.443 e. The number of oxazole rings is 1. The van der Waals surface area contributed by atoms with Crippen LogP contribution in [0.5, 0.6) is 0 Å². The van der Waals surface area contributed by atoms with Crippen molar-refractivity contribution < 1.29 is 17.8 Å². The van der Waals surface area contributed by atoms with Crippen LogP contribution in [0.4, 0.5) is 11.4 Å². The first-order valence-electron chi connectivity index (χ1n) is 9.85. The number of rotatable bonds is 7. The second-order valence-corrected chi connectivity index (χ2v) is 10.4. The van der Waals surface area contributed by atoms with Crippen molar-refractivity contribution in [3.05, 3.63) is 57.8 Å². The Hall–Kier alpha value is -2.76. The minimum Gasteiger partial charge on any atom is -0.443 e. The summed E-state index contributed by atoms with van der Waals surface area (Å²) in [6.45, 7) is 3.06. The highest BCUT2D eigenvalue weighted by molar-refractivity contribution is 7.89. The smallest absolute Gasteiger partial charge is 0.293 e. The number of nitrogens with zero attached hydrogens (tertiary/aromatic N) is 3. The van der Waals surface area contributed by atoms with E-state index in [9.17, 15) is 18.5 Å². The summed E-state index contributed by atoms with van der Waals surface area (Å²) in [7, 11) is -3.78. The van der Waals surface area contributed by atoms with Crippen LogP contribution in [0.1, 0.15) is 25.5 Å². The SMILES string of the molecule is CC1CCCN(S(=O)(=O)c2ccc(NCc3coc(-c4cccs4)n3)c([N+](=O)[O-])c2)C1. The molecular weight excluding hydrogens is 440 g/mol. The number of thiophene rings is 1. The number of piperidine rings is 1. The van der Waals surface area contributed by atoms with E-state index in [-0.39, 0.29) is 28.7 Å². The van der Waals surface area contributed by atoms with Crippen molar-refractivity contribution in [3.63, 3.8) is 0 Å². The van der Waals surface area contributed by atoms with E-state index in [1.807, 2.05) is 24.4 Å². The topological polar surface area (TPSA) is 119 Å². The number of hydrogen-bond donors (Lipinski definition) is 1. The van der Waals surface area contributed by atoms with Crippen LogP contribution in [0.15, 0.2) is 51.3 Å². The van der Waals surface area contributed by atoms with Crippen molar-refractivity contribution in [1.82, 2.24) is 9.29 Å². The van der Waals surface area contributed by atoms with Crippen molar-refractivity contribution in [1.29, 1.82) is 0 Å². The molecule has 2 aromatic heterocycles. The van der Waals surface area contributed by atoms with Crippen LogP contribution in [0, 0.1) is 16.0 Å². The van der Waals surface area contributed by atoms with Crippen molar-refractivity contribution >= 4 is 32.7 Å². The van der Waals surface area contributed by atoms with E-state index in [1.165, 1.54) is 34.0 Å². The van der Waals surface area contributed by atoms with Crippen LogP contribution in [-0.2, 0) is 16.6 Å². The van der Waals surface area contributed by atoms with Crippen LogP contribution in [-0.4, -0.2) is 35.7 Å². The third-order valence-corrected chi connectivity index (χ3v) is 7.89. The highest BCUT2D eigenvalue weighted by atomic mass is 32.2. The molecule has 4 rings (SSSR count). The molecule has 9 nitrogen and oxygen atoms in total. The Kier molecular flexibility index (Phi) is 6.08. The number of benzene rings is 1.